The third kappa shape index (κ3) is 4.34. The SMILES string of the molecule is COc1cc(C(=O)N(C)c2ccc(-c3cc(C(N)=O)ccc3Cl)cc2N2CC3CC3C2)ccc1C. The average Bonchev–Trinajstić information content (AvgIpc) is 3.47. The Labute approximate surface area is 210 Å². The van der Waals surface area contributed by atoms with E-state index in [1.54, 1.807) is 43.3 Å². The number of primary amides is 1. The fraction of sp³-hybridized carbons (Fsp3) is 0.286. The van der Waals surface area contributed by atoms with Crippen molar-refractivity contribution >= 4 is 34.8 Å². The predicted octanol–water partition coefficient (Wildman–Crippen LogP) is 5.16. The molecule has 3 aromatic rings. The van der Waals surface area contributed by atoms with E-state index in [9.17, 15) is 9.59 Å². The molecule has 1 saturated heterocycles. The molecule has 2 atom stereocenters. The minimum Gasteiger partial charge on any atom is -0.496 e. The van der Waals surface area contributed by atoms with E-state index < -0.39 is 5.91 Å². The van der Waals surface area contributed by atoms with Crippen molar-refractivity contribution in [3.8, 4) is 16.9 Å². The van der Waals surface area contributed by atoms with Crippen LogP contribution in [0.2, 0.25) is 5.02 Å². The molecule has 0 aromatic heterocycles. The average molecular weight is 490 g/mol. The minimum atomic E-state index is -0.502. The summed E-state index contributed by atoms with van der Waals surface area (Å²) < 4.78 is 5.42. The van der Waals surface area contributed by atoms with Crippen molar-refractivity contribution in [2.24, 2.45) is 17.6 Å². The van der Waals surface area contributed by atoms with Gasteiger partial charge in [0, 0.05) is 41.9 Å². The third-order valence-corrected chi connectivity index (χ3v) is 7.51. The van der Waals surface area contributed by atoms with E-state index in [-0.39, 0.29) is 5.91 Å². The number of ether oxygens (including phenoxy) is 1. The molecule has 5 rings (SSSR count). The molecule has 2 unspecified atom stereocenters. The van der Waals surface area contributed by atoms with E-state index in [4.69, 9.17) is 22.1 Å². The summed E-state index contributed by atoms with van der Waals surface area (Å²) in [6.07, 6.45) is 1.27. The molecule has 2 aliphatic rings. The Morgan fingerprint density at radius 2 is 1.74 bits per heavy atom. The first-order valence-electron chi connectivity index (χ1n) is 11.7. The Hall–Kier alpha value is -3.51. The molecular weight excluding hydrogens is 462 g/mol. The smallest absolute Gasteiger partial charge is 0.258 e. The van der Waals surface area contributed by atoms with Gasteiger partial charge in [0.15, 0.2) is 0 Å². The second kappa shape index (κ2) is 8.93. The third-order valence-electron chi connectivity index (χ3n) is 7.18. The zero-order valence-electron chi connectivity index (χ0n) is 20.0. The molecule has 35 heavy (non-hydrogen) atoms. The highest BCUT2D eigenvalue weighted by Gasteiger charge is 2.45. The monoisotopic (exact) mass is 489 g/mol. The highest BCUT2D eigenvalue weighted by Crippen LogP contribution is 2.48. The van der Waals surface area contributed by atoms with Crippen LogP contribution in [-0.2, 0) is 0 Å². The second-order valence-electron chi connectivity index (χ2n) is 9.47. The molecule has 0 spiro atoms. The van der Waals surface area contributed by atoms with Gasteiger partial charge in [0.25, 0.3) is 5.91 Å². The molecule has 1 aliphatic carbocycles. The van der Waals surface area contributed by atoms with E-state index in [1.807, 2.05) is 31.2 Å². The Kier molecular flexibility index (Phi) is 5.93. The number of aryl methyl sites for hydroxylation is 1. The van der Waals surface area contributed by atoms with E-state index in [2.05, 4.69) is 11.0 Å². The van der Waals surface area contributed by atoms with Crippen molar-refractivity contribution in [2.75, 3.05) is 37.0 Å². The van der Waals surface area contributed by atoms with Gasteiger partial charge in [-0.25, -0.2) is 0 Å². The first-order chi connectivity index (χ1) is 16.8. The number of anilines is 2. The maximum atomic E-state index is 13.5. The zero-order valence-corrected chi connectivity index (χ0v) is 20.8. The van der Waals surface area contributed by atoms with Crippen molar-refractivity contribution in [1.82, 2.24) is 0 Å². The van der Waals surface area contributed by atoms with E-state index >= 15 is 0 Å². The first-order valence-corrected chi connectivity index (χ1v) is 12.1. The summed E-state index contributed by atoms with van der Waals surface area (Å²) in [5.41, 5.74) is 10.8. The van der Waals surface area contributed by atoms with Crippen LogP contribution in [0.4, 0.5) is 11.4 Å². The van der Waals surface area contributed by atoms with Crippen LogP contribution in [0.5, 0.6) is 5.75 Å². The molecule has 3 aromatic carbocycles. The molecule has 1 aliphatic heterocycles. The van der Waals surface area contributed by atoms with Gasteiger partial charge in [-0.2, -0.15) is 0 Å². The van der Waals surface area contributed by atoms with Crippen molar-refractivity contribution in [3.63, 3.8) is 0 Å². The van der Waals surface area contributed by atoms with E-state index in [0.717, 1.165) is 53.0 Å². The molecule has 7 heteroatoms. The number of hydrogen-bond donors (Lipinski definition) is 1. The Morgan fingerprint density at radius 3 is 2.43 bits per heavy atom. The van der Waals surface area contributed by atoms with Gasteiger partial charge in [-0.15, -0.1) is 0 Å². The van der Waals surface area contributed by atoms with Crippen molar-refractivity contribution in [1.29, 1.82) is 0 Å². The van der Waals surface area contributed by atoms with Gasteiger partial charge < -0.3 is 20.3 Å². The molecule has 1 saturated carbocycles. The molecule has 180 valence electrons. The van der Waals surface area contributed by atoms with E-state index in [0.29, 0.717) is 21.9 Å². The van der Waals surface area contributed by atoms with Crippen molar-refractivity contribution < 1.29 is 14.3 Å². The van der Waals surface area contributed by atoms with Crippen LogP contribution in [0.15, 0.2) is 54.6 Å². The van der Waals surface area contributed by atoms with Crippen LogP contribution >= 0.6 is 11.6 Å². The fourth-order valence-electron chi connectivity index (χ4n) is 4.98. The normalized spacial score (nSPS) is 18.2. The van der Waals surface area contributed by atoms with Gasteiger partial charge >= 0.3 is 0 Å². The highest BCUT2D eigenvalue weighted by molar-refractivity contribution is 6.33. The van der Waals surface area contributed by atoms with Gasteiger partial charge in [-0.05, 0) is 78.8 Å². The van der Waals surface area contributed by atoms with Crippen LogP contribution < -0.4 is 20.3 Å². The number of nitrogens with two attached hydrogens (primary N) is 1. The topological polar surface area (TPSA) is 75.9 Å². The summed E-state index contributed by atoms with van der Waals surface area (Å²) in [7, 11) is 3.40. The maximum absolute atomic E-state index is 13.5. The summed E-state index contributed by atoms with van der Waals surface area (Å²) in [6, 6.07) is 16.5. The van der Waals surface area contributed by atoms with Gasteiger partial charge in [-0.1, -0.05) is 23.7 Å². The predicted molar refractivity (Wildman–Crippen MR) is 140 cm³/mol. The molecule has 2 amide bonds. The summed E-state index contributed by atoms with van der Waals surface area (Å²) >= 11 is 6.51. The van der Waals surface area contributed by atoms with Crippen LogP contribution in [0.25, 0.3) is 11.1 Å². The number of benzene rings is 3. The summed E-state index contributed by atoms with van der Waals surface area (Å²) in [6.45, 7) is 3.89. The number of carbonyl (C=O) groups is 2. The lowest BCUT2D eigenvalue weighted by Crippen LogP contribution is -2.30. The molecule has 1 heterocycles. The lowest BCUT2D eigenvalue weighted by Gasteiger charge is -2.28. The quantitative estimate of drug-likeness (QED) is 0.519. The summed E-state index contributed by atoms with van der Waals surface area (Å²) in [5, 5.41) is 0.536. The van der Waals surface area contributed by atoms with Crippen molar-refractivity contribution in [3.05, 3.63) is 76.3 Å². The molecule has 6 nitrogen and oxygen atoms in total. The number of halogens is 1. The number of amides is 2. The molecule has 2 N–H and O–H groups in total. The number of rotatable bonds is 6. The maximum Gasteiger partial charge on any atom is 0.258 e. The minimum absolute atomic E-state index is 0.115. The number of nitrogens with zero attached hydrogens (tertiary/aromatic N) is 2. The first kappa shape index (κ1) is 23.2. The number of carbonyl (C=O) groups excluding carboxylic acids is 2. The van der Waals surface area contributed by atoms with Gasteiger partial charge in [-0.3, -0.25) is 9.59 Å². The van der Waals surface area contributed by atoms with Gasteiger partial charge in [0.05, 0.1) is 18.5 Å². The molecular formula is C28H28ClN3O3. The van der Waals surface area contributed by atoms with Crippen LogP contribution in [0.3, 0.4) is 0 Å². The Morgan fingerprint density at radius 1 is 1.03 bits per heavy atom. The van der Waals surface area contributed by atoms with Gasteiger partial charge in [0.1, 0.15) is 5.75 Å². The van der Waals surface area contributed by atoms with Crippen LogP contribution in [-0.4, -0.2) is 39.1 Å². The lowest BCUT2D eigenvalue weighted by atomic mass is 10.0. The van der Waals surface area contributed by atoms with E-state index in [1.165, 1.54) is 6.42 Å². The zero-order chi connectivity index (χ0) is 24.9. The van der Waals surface area contributed by atoms with Crippen LogP contribution in [0, 0.1) is 18.8 Å². The number of fused-ring (bicyclic) bond motifs is 1. The summed E-state index contributed by atoms with van der Waals surface area (Å²) in [4.78, 5) is 29.3. The largest absolute Gasteiger partial charge is 0.496 e. The number of methoxy groups -OCH3 is 1. The van der Waals surface area contributed by atoms with Crippen molar-refractivity contribution in [2.45, 2.75) is 13.3 Å². The lowest BCUT2D eigenvalue weighted by molar-refractivity contribution is 0.0987. The highest BCUT2D eigenvalue weighted by atomic mass is 35.5. The Balaban J connectivity index is 1.55. The molecule has 0 bridgehead atoms. The number of hydrogen-bond acceptors (Lipinski definition) is 4. The fourth-order valence-corrected chi connectivity index (χ4v) is 5.21. The molecule has 2 fully saturated rings. The Bertz CT molecular complexity index is 1330. The standard InChI is InChI=1S/C28H28ClN3O3/c1-16-4-5-19(13-26(16)35-3)28(34)31(2)24-9-7-17(12-25(24)32-14-20-10-21(20)15-32)22-11-18(27(30)33)6-8-23(22)29/h4-9,11-13,20-21H,10,14-15H2,1-3H3,(H2,30,33). The second-order valence-corrected chi connectivity index (χ2v) is 9.88. The molecule has 0 radical (unpaired) electrons. The summed E-state index contributed by atoms with van der Waals surface area (Å²) in [5.74, 6) is 1.50. The van der Waals surface area contributed by atoms with Crippen LogP contribution in [0.1, 0.15) is 32.7 Å². The van der Waals surface area contributed by atoms with Gasteiger partial charge in [0.2, 0.25) is 5.91 Å². The number of piperidine rings is 1.